The molecule has 0 radical (unpaired) electrons. The Kier molecular flexibility index (Phi) is 5.17. The van der Waals surface area contributed by atoms with E-state index in [4.69, 9.17) is 0 Å². The van der Waals surface area contributed by atoms with Gasteiger partial charge in [-0.3, -0.25) is 9.59 Å². The number of carbonyl (C=O) groups excluding carboxylic acids is 2. The largest absolute Gasteiger partial charge is 0.309 e. The fourth-order valence-electron chi connectivity index (χ4n) is 6.79. The van der Waals surface area contributed by atoms with E-state index in [2.05, 4.69) is 97.6 Å². The number of benzene rings is 6. The van der Waals surface area contributed by atoms with E-state index in [1.807, 2.05) is 42.5 Å². The topological polar surface area (TPSA) is 37.4 Å². The molecular formula is C39H27NO2. The summed E-state index contributed by atoms with van der Waals surface area (Å²) in [6.45, 7) is 4.52. The minimum Gasteiger partial charge on any atom is -0.309 e. The van der Waals surface area contributed by atoms with Crippen molar-refractivity contribution in [3.8, 4) is 0 Å². The molecule has 0 atom stereocenters. The Hall–Kier alpha value is -5.28. The molecule has 0 N–H and O–H groups in total. The monoisotopic (exact) mass is 541 g/mol. The van der Waals surface area contributed by atoms with E-state index < -0.39 is 0 Å². The van der Waals surface area contributed by atoms with Gasteiger partial charge in [-0.2, -0.15) is 0 Å². The van der Waals surface area contributed by atoms with Gasteiger partial charge in [-0.25, -0.2) is 0 Å². The van der Waals surface area contributed by atoms with E-state index in [0.29, 0.717) is 11.1 Å². The van der Waals surface area contributed by atoms with Crippen LogP contribution in [0.3, 0.4) is 0 Å². The van der Waals surface area contributed by atoms with Gasteiger partial charge in [-0.15, -0.1) is 0 Å². The molecule has 1 heterocycles. The van der Waals surface area contributed by atoms with Crippen molar-refractivity contribution in [2.24, 2.45) is 0 Å². The van der Waals surface area contributed by atoms with Crippen molar-refractivity contribution in [2.45, 2.75) is 19.3 Å². The van der Waals surface area contributed by atoms with Gasteiger partial charge in [0.15, 0.2) is 11.6 Å². The van der Waals surface area contributed by atoms with Crippen LogP contribution in [0.1, 0.15) is 51.3 Å². The van der Waals surface area contributed by atoms with Crippen LogP contribution in [-0.2, 0) is 5.41 Å². The molecule has 0 fully saturated rings. The summed E-state index contributed by atoms with van der Waals surface area (Å²) in [5.74, 6) is -0.426. The van der Waals surface area contributed by atoms with Crippen LogP contribution in [0.2, 0.25) is 0 Å². The Balaban J connectivity index is 1.32. The Morgan fingerprint density at radius 1 is 0.548 bits per heavy atom. The van der Waals surface area contributed by atoms with Crippen LogP contribution in [0, 0.1) is 0 Å². The predicted octanol–water partition coefficient (Wildman–Crippen LogP) is 9.56. The number of carbonyl (C=O) groups is 2. The van der Waals surface area contributed by atoms with Crippen LogP contribution in [0.5, 0.6) is 0 Å². The van der Waals surface area contributed by atoms with Crippen molar-refractivity contribution in [2.75, 3.05) is 4.90 Å². The highest BCUT2D eigenvalue weighted by Crippen LogP contribution is 2.53. The first kappa shape index (κ1) is 24.5. The van der Waals surface area contributed by atoms with Crippen molar-refractivity contribution in [1.29, 1.82) is 0 Å². The van der Waals surface area contributed by atoms with Gasteiger partial charge in [0, 0.05) is 21.9 Å². The third-order valence-corrected chi connectivity index (χ3v) is 8.94. The number of anilines is 3. The summed E-state index contributed by atoms with van der Waals surface area (Å²) in [6, 6.07) is 41.3. The summed E-state index contributed by atoms with van der Waals surface area (Å²) in [4.78, 5) is 29.4. The first-order chi connectivity index (χ1) is 20.4. The fraction of sp³-hybridized carbons (Fsp3) is 0.0769. The van der Waals surface area contributed by atoms with Crippen molar-refractivity contribution >= 4 is 56.2 Å². The molecular weight excluding hydrogens is 514 g/mol. The van der Waals surface area contributed by atoms with Gasteiger partial charge in [0.25, 0.3) is 0 Å². The molecule has 0 bridgehead atoms. The summed E-state index contributed by atoms with van der Waals surface area (Å²) in [5, 5.41) is 4.25. The summed E-state index contributed by atoms with van der Waals surface area (Å²) < 4.78 is 0. The molecule has 0 saturated carbocycles. The van der Waals surface area contributed by atoms with Gasteiger partial charge in [-0.05, 0) is 69.3 Å². The van der Waals surface area contributed by atoms with E-state index in [9.17, 15) is 9.59 Å². The Labute approximate surface area is 244 Å². The van der Waals surface area contributed by atoms with Gasteiger partial charge >= 0.3 is 0 Å². The Morgan fingerprint density at radius 2 is 1.12 bits per heavy atom. The second-order valence-corrected chi connectivity index (χ2v) is 11.7. The number of hydrogen-bond acceptors (Lipinski definition) is 3. The highest BCUT2D eigenvalue weighted by atomic mass is 16.2. The minimum atomic E-state index is -0.242. The smallest absolute Gasteiger partial charge is 0.197 e. The molecule has 200 valence electrons. The minimum absolute atomic E-state index is 0.213. The lowest BCUT2D eigenvalue weighted by molar-refractivity contribution is 0.0990. The number of nitrogens with zero attached hydrogens (tertiary/aromatic N) is 1. The third-order valence-electron chi connectivity index (χ3n) is 8.94. The number of ketones is 2. The van der Waals surface area contributed by atoms with Crippen molar-refractivity contribution in [1.82, 2.24) is 0 Å². The van der Waals surface area contributed by atoms with Crippen LogP contribution in [0.4, 0.5) is 17.1 Å². The molecule has 6 aromatic carbocycles. The van der Waals surface area contributed by atoms with Crippen LogP contribution in [0.15, 0.2) is 127 Å². The van der Waals surface area contributed by atoms with Gasteiger partial charge in [0.1, 0.15) is 0 Å². The zero-order chi connectivity index (χ0) is 28.6. The highest BCUT2D eigenvalue weighted by molar-refractivity contribution is 6.42. The lowest BCUT2D eigenvalue weighted by atomic mass is 9.73. The first-order valence-electron chi connectivity index (χ1n) is 14.3. The summed E-state index contributed by atoms with van der Waals surface area (Å²) >= 11 is 0. The molecule has 42 heavy (non-hydrogen) atoms. The number of Topliss-reactive ketones (excluding diaryl/α,β-unsaturated/α-hetero) is 2. The maximum Gasteiger partial charge on any atom is 0.197 e. The maximum absolute atomic E-state index is 13.5. The number of fused-ring (bicyclic) bond motifs is 5. The number of allylic oxidation sites excluding steroid dienone is 1. The molecule has 1 aliphatic heterocycles. The molecule has 0 unspecified atom stereocenters. The van der Waals surface area contributed by atoms with Crippen LogP contribution in [-0.4, -0.2) is 11.6 Å². The second-order valence-electron chi connectivity index (χ2n) is 11.7. The summed E-state index contributed by atoms with van der Waals surface area (Å²) in [6.07, 6.45) is 1.77. The summed E-state index contributed by atoms with van der Waals surface area (Å²) in [5.41, 5.74) is 7.47. The van der Waals surface area contributed by atoms with E-state index in [1.54, 1.807) is 6.08 Å². The zero-order valence-electron chi connectivity index (χ0n) is 23.4. The van der Waals surface area contributed by atoms with E-state index in [-0.39, 0.29) is 22.6 Å². The molecule has 3 nitrogen and oxygen atoms in total. The van der Waals surface area contributed by atoms with Gasteiger partial charge < -0.3 is 4.90 Å². The van der Waals surface area contributed by atoms with Crippen molar-refractivity contribution in [3.63, 3.8) is 0 Å². The molecule has 2 aliphatic rings. The lowest BCUT2D eigenvalue weighted by Gasteiger charge is -2.42. The number of para-hydroxylation sites is 1. The molecule has 6 aromatic rings. The normalized spacial score (nSPS) is 15.1. The quantitative estimate of drug-likeness (QED) is 0.162. The van der Waals surface area contributed by atoms with E-state index >= 15 is 0 Å². The van der Waals surface area contributed by atoms with E-state index in [0.717, 1.165) is 38.8 Å². The number of rotatable bonds is 2. The first-order valence-corrected chi connectivity index (χ1v) is 14.3. The molecule has 3 heteroatoms. The average Bonchev–Trinajstić information content (AvgIpc) is 3.24. The lowest BCUT2D eigenvalue weighted by Crippen LogP contribution is -2.30. The van der Waals surface area contributed by atoms with Gasteiger partial charge in [0.05, 0.1) is 22.6 Å². The van der Waals surface area contributed by atoms with Crippen LogP contribution in [0.25, 0.3) is 27.6 Å². The van der Waals surface area contributed by atoms with Crippen molar-refractivity contribution in [3.05, 3.63) is 155 Å². The summed E-state index contributed by atoms with van der Waals surface area (Å²) in [7, 11) is 0. The van der Waals surface area contributed by atoms with Gasteiger partial charge in [-0.1, -0.05) is 105 Å². The van der Waals surface area contributed by atoms with Crippen LogP contribution < -0.4 is 4.90 Å². The SMILES string of the molecule is CC1(C)c2ccccc2N(c2cccc3ccccc23)c2cc(C=C3C(=O)c4cc5ccccc5cc4C3=O)ccc21. The maximum atomic E-state index is 13.5. The molecule has 0 amide bonds. The molecule has 1 aliphatic carbocycles. The zero-order valence-corrected chi connectivity index (χ0v) is 23.4. The average molecular weight is 542 g/mol. The van der Waals surface area contributed by atoms with Crippen LogP contribution >= 0.6 is 0 Å². The molecule has 0 spiro atoms. The second kappa shape index (κ2) is 8.86. The van der Waals surface area contributed by atoms with Crippen molar-refractivity contribution < 1.29 is 9.59 Å². The fourth-order valence-corrected chi connectivity index (χ4v) is 6.79. The molecule has 0 aromatic heterocycles. The Morgan fingerprint density at radius 3 is 1.86 bits per heavy atom. The number of hydrogen-bond donors (Lipinski definition) is 0. The standard InChI is InChI=1S/C39H27NO2/c1-39(2)32-15-7-8-16-35(32)40(34-17-9-13-25-10-5-6-14-28(25)34)36-21-24(18-19-33(36)39)20-31-37(41)29-22-26-11-3-4-12-27(26)23-30(29)38(31)42/h3-23H,1-2H3. The van der Waals surface area contributed by atoms with Gasteiger partial charge in [0.2, 0.25) is 0 Å². The molecule has 0 saturated heterocycles. The Bertz CT molecular complexity index is 2110. The highest BCUT2D eigenvalue weighted by Gasteiger charge is 2.38. The molecule has 8 rings (SSSR count). The third kappa shape index (κ3) is 3.47. The predicted molar refractivity (Wildman–Crippen MR) is 171 cm³/mol. The van der Waals surface area contributed by atoms with E-state index in [1.165, 1.54) is 16.5 Å².